The van der Waals surface area contributed by atoms with E-state index < -0.39 is 17.2 Å². The topological polar surface area (TPSA) is 109 Å². The number of aryl methyl sites for hydroxylation is 1. The highest BCUT2D eigenvalue weighted by molar-refractivity contribution is 8.00. The molecule has 0 bridgehead atoms. The number of aromatic amines is 1. The first-order valence-electron chi connectivity index (χ1n) is 9.05. The monoisotopic (exact) mass is 411 g/mol. The first-order valence-corrected chi connectivity index (χ1v) is 9.93. The number of aromatic nitrogens is 3. The summed E-state index contributed by atoms with van der Waals surface area (Å²) in [5.41, 5.74) is 1.35. The van der Waals surface area contributed by atoms with E-state index in [0.29, 0.717) is 23.8 Å². The van der Waals surface area contributed by atoms with Crippen molar-refractivity contribution in [3.63, 3.8) is 0 Å². The molecular weight excluding hydrogens is 390 g/mol. The van der Waals surface area contributed by atoms with Crippen molar-refractivity contribution >= 4 is 29.4 Å². The summed E-state index contributed by atoms with van der Waals surface area (Å²) in [5, 5.41) is 11.1. The third kappa shape index (κ3) is 5.82. The number of hydrogen-bond acceptors (Lipinski definition) is 5. The maximum Gasteiger partial charge on any atom is 0.343 e. The number of hydrogen-bond donors (Lipinski definition) is 3. The van der Waals surface area contributed by atoms with Crippen LogP contribution < -0.4 is 16.3 Å². The quantitative estimate of drug-likeness (QED) is 0.518. The number of anilines is 1. The van der Waals surface area contributed by atoms with Gasteiger partial charge in [-0.2, -0.15) is 0 Å². The fourth-order valence-corrected chi connectivity index (χ4v) is 3.47. The number of nitrogens with one attached hydrogen (secondary N) is 3. The number of urea groups is 1. The third-order valence-electron chi connectivity index (χ3n) is 4.11. The molecule has 9 heteroatoms. The summed E-state index contributed by atoms with van der Waals surface area (Å²) in [4.78, 5) is 36.4. The largest absolute Gasteiger partial charge is 0.343 e. The van der Waals surface area contributed by atoms with Gasteiger partial charge >= 0.3 is 11.7 Å². The lowest BCUT2D eigenvalue weighted by Gasteiger charge is -2.12. The van der Waals surface area contributed by atoms with E-state index in [9.17, 15) is 14.4 Å². The lowest BCUT2D eigenvalue weighted by molar-refractivity contribution is -0.119. The van der Waals surface area contributed by atoms with Crippen molar-refractivity contribution in [2.24, 2.45) is 0 Å². The van der Waals surface area contributed by atoms with E-state index in [1.54, 1.807) is 31.2 Å². The molecule has 0 fully saturated rings. The van der Waals surface area contributed by atoms with Crippen molar-refractivity contribution in [1.82, 2.24) is 20.1 Å². The van der Waals surface area contributed by atoms with Crippen LogP contribution in [0, 0.1) is 0 Å². The van der Waals surface area contributed by atoms with Gasteiger partial charge in [-0.25, -0.2) is 14.7 Å². The summed E-state index contributed by atoms with van der Waals surface area (Å²) >= 11 is 1.11. The number of rotatable bonds is 7. The third-order valence-corrected chi connectivity index (χ3v) is 5.20. The molecule has 8 nitrogen and oxygen atoms in total. The molecule has 0 aliphatic carbocycles. The van der Waals surface area contributed by atoms with Crippen LogP contribution in [-0.4, -0.2) is 32.0 Å². The molecule has 1 heterocycles. The molecule has 1 unspecified atom stereocenters. The molecule has 2 aromatic carbocycles. The van der Waals surface area contributed by atoms with E-state index in [2.05, 4.69) is 20.8 Å². The Morgan fingerprint density at radius 3 is 2.45 bits per heavy atom. The molecule has 29 heavy (non-hydrogen) atoms. The fourth-order valence-electron chi connectivity index (χ4n) is 2.58. The number of amides is 3. The van der Waals surface area contributed by atoms with Crippen LogP contribution in [0.1, 0.15) is 12.5 Å². The maximum absolute atomic E-state index is 12.3. The van der Waals surface area contributed by atoms with Crippen LogP contribution in [0.2, 0.25) is 0 Å². The predicted molar refractivity (Wildman–Crippen MR) is 112 cm³/mol. The zero-order chi connectivity index (χ0) is 20.6. The van der Waals surface area contributed by atoms with Crippen LogP contribution >= 0.6 is 11.8 Å². The van der Waals surface area contributed by atoms with Gasteiger partial charge in [-0.1, -0.05) is 60.3 Å². The number of carbonyl (C=O) groups excluding carboxylic acids is 2. The van der Waals surface area contributed by atoms with Crippen LogP contribution in [0.5, 0.6) is 0 Å². The minimum atomic E-state index is -0.623. The molecule has 0 saturated carbocycles. The Balaban J connectivity index is 1.57. The second kappa shape index (κ2) is 9.74. The van der Waals surface area contributed by atoms with Crippen LogP contribution in [0.25, 0.3) is 0 Å². The summed E-state index contributed by atoms with van der Waals surface area (Å²) in [6, 6.07) is 18.0. The average Bonchev–Trinajstić information content (AvgIpc) is 3.07. The van der Waals surface area contributed by atoms with Gasteiger partial charge in [0.2, 0.25) is 5.91 Å². The van der Waals surface area contributed by atoms with Crippen LogP contribution in [0.4, 0.5) is 10.5 Å². The second-order valence-electron chi connectivity index (χ2n) is 6.27. The van der Waals surface area contributed by atoms with Gasteiger partial charge in [0, 0.05) is 12.2 Å². The molecule has 3 rings (SSSR count). The highest BCUT2D eigenvalue weighted by Crippen LogP contribution is 2.20. The summed E-state index contributed by atoms with van der Waals surface area (Å²) in [5.74, 6) is -0.478. The van der Waals surface area contributed by atoms with E-state index in [4.69, 9.17) is 0 Å². The highest BCUT2D eigenvalue weighted by Gasteiger charge is 2.20. The van der Waals surface area contributed by atoms with Crippen molar-refractivity contribution in [3.05, 3.63) is 76.7 Å². The Hall–Kier alpha value is -3.33. The van der Waals surface area contributed by atoms with Crippen LogP contribution in [-0.2, 0) is 17.8 Å². The number of thioether (sulfide) groups is 1. The molecule has 0 radical (unpaired) electrons. The van der Waals surface area contributed by atoms with Gasteiger partial charge in [-0.15, -0.1) is 5.10 Å². The van der Waals surface area contributed by atoms with Gasteiger partial charge in [0.1, 0.15) is 0 Å². The summed E-state index contributed by atoms with van der Waals surface area (Å²) in [6.07, 6.45) is 0.661. The minimum Gasteiger partial charge on any atom is -0.308 e. The van der Waals surface area contributed by atoms with Gasteiger partial charge in [0.25, 0.3) is 0 Å². The molecule has 1 atom stereocenters. The van der Waals surface area contributed by atoms with Crippen molar-refractivity contribution < 1.29 is 9.59 Å². The van der Waals surface area contributed by atoms with Gasteiger partial charge in [-0.05, 0) is 31.0 Å². The Bertz CT molecular complexity index is 1020. The molecule has 1 aromatic heterocycles. The standard InChI is InChI=1S/C20H21N5O3S/c1-14(17(26)22-18(27)21-16-10-6-3-7-11-16)29-20-24-23-19(28)25(20)13-12-15-8-4-2-5-9-15/h2-11,14H,12-13H2,1H3,(H,23,28)(H2,21,22,26,27). The Kier molecular flexibility index (Phi) is 6.85. The van der Waals surface area contributed by atoms with E-state index >= 15 is 0 Å². The number of para-hydroxylation sites is 1. The van der Waals surface area contributed by atoms with Gasteiger partial charge in [-0.3, -0.25) is 14.7 Å². The second-order valence-corrected chi connectivity index (χ2v) is 7.58. The van der Waals surface area contributed by atoms with E-state index in [-0.39, 0.29) is 5.69 Å². The normalized spacial score (nSPS) is 11.6. The van der Waals surface area contributed by atoms with E-state index in [1.165, 1.54) is 4.57 Å². The molecule has 3 aromatic rings. The molecule has 0 aliphatic heterocycles. The first-order chi connectivity index (χ1) is 14.0. The van der Waals surface area contributed by atoms with Crippen LogP contribution in [0.15, 0.2) is 70.6 Å². The number of nitrogens with zero attached hydrogens (tertiary/aromatic N) is 2. The zero-order valence-electron chi connectivity index (χ0n) is 15.8. The number of benzene rings is 2. The molecule has 0 saturated heterocycles. The smallest absolute Gasteiger partial charge is 0.308 e. The van der Waals surface area contributed by atoms with E-state index in [0.717, 1.165) is 17.3 Å². The Morgan fingerprint density at radius 2 is 1.76 bits per heavy atom. The molecule has 0 spiro atoms. The summed E-state index contributed by atoms with van der Waals surface area (Å²) in [7, 11) is 0. The van der Waals surface area contributed by atoms with Gasteiger partial charge in [0.15, 0.2) is 5.16 Å². The molecule has 3 N–H and O–H groups in total. The Morgan fingerprint density at radius 1 is 1.10 bits per heavy atom. The SMILES string of the molecule is CC(Sc1n[nH]c(=O)n1CCc1ccccc1)C(=O)NC(=O)Nc1ccccc1. The number of imide groups is 1. The van der Waals surface area contributed by atoms with Gasteiger partial charge in [0.05, 0.1) is 5.25 Å². The van der Waals surface area contributed by atoms with Crippen molar-refractivity contribution in [3.8, 4) is 0 Å². The fraction of sp³-hybridized carbons (Fsp3) is 0.200. The van der Waals surface area contributed by atoms with Crippen LogP contribution in [0.3, 0.4) is 0 Å². The van der Waals surface area contributed by atoms with Crippen molar-refractivity contribution in [2.75, 3.05) is 5.32 Å². The Labute approximate surface area is 171 Å². The number of H-pyrrole nitrogens is 1. The average molecular weight is 411 g/mol. The highest BCUT2D eigenvalue weighted by atomic mass is 32.2. The summed E-state index contributed by atoms with van der Waals surface area (Å²) < 4.78 is 1.49. The minimum absolute atomic E-state index is 0.335. The molecule has 3 amide bonds. The molecular formula is C20H21N5O3S. The lowest BCUT2D eigenvalue weighted by Crippen LogP contribution is -2.39. The molecule has 150 valence electrons. The van der Waals surface area contributed by atoms with Crippen molar-refractivity contribution in [1.29, 1.82) is 0 Å². The van der Waals surface area contributed by atoms with Gasteiger partial charge < -0.3 is 5.32 Å². The van der Waals surface area contributed by atoms with Crippen molar-refractivity contribution in [2.45, 2.75) is 30.3 Å². The maximum atomic E-state index is 12.3. The predicted octanol–water partition coefficient (Wildman–Crippen LogP) is 2.64. The number of carbonyl (C=O) groups is 2. The van der Waals surface area contributed by atoms with E-state index in [1.807, 2.05) is 36.4 Å². The zero-order valence-corrected chi connectivity index (χ0v) is 16.6. The summed E-state index contributed by atoms with van der Waals surface area (Å²) in [6.45, 7) is 2.08. The first kappa shape index (κ1) is 20.4. The molecule has 0 aliphatic rings. The lowest BCUT2D eigenvalue weighted by atomic mass is 10.1.